The second-order valence-electron chi connectivity index (χ2n) is 7.89. The van der Waals surface area contributed by atoms with E-state index in [-0.39, 0.29) is 29.5 Å². The number of aromatic nitrogens is 4. The van der Waals surface area contributed by atoms with Crippen LogP contribution in [0.5, 0.6) is 5.75 Å². The average molecular weight is 551 g/mol. The molecule has 38 heavy (non-hydrogen) atoms. The predicted molar refractivity (Wildman–Crippen MR) is 133 cm³/mol. The zero-order valence-corrected chi connectivity index (χ0v) is 21.2. The van der Waals surface area contributed by atoms with Crippen LogP contribution in [0.4, 0.5) is 15.0 Å². The summed E-state index contributed by atoms with van der Waals surface area (Å²) in [5.41, 5.74) is 7.85. The van der Waals surface area contributed by atoms with Crippen molar-refractivity contribution < 1.29 is 38.5 Å². The number of aryl methyl sites for hydroxylation is 1. The number of anilines is 1. The van der Waals surface area contributed by atoms with Crippen molar-refractivity contribution in [3.63, 3.8) is 0 Å². The first kappa shape index (κ1) is 28.1. The van der Waals surface area contributed by atoms with E-state index in [4.69, 9.17) is 37.0 Å². The summed E-state index contributed by atoms with van der Waals surface area (Å²) in [6.45, 7) is 5.83. The Morgan fingerprint density at radius 1 is 1.37 bits per heavy atom. The number of carbonyl (C=O) groups excluding carboxylic acids is 1. The van der Waals surface area contributed by atoms with E-state index in [1.165, 1.54) is 12.4 Å². The molecule has 2 atom stereocenters. The Balaban J connectivity index is 0.000000436. The van der Waals surface area contributed by atoms with E-state index >= 15 is 4.39 Å². The van der Waals surface area contributed by atoms with Gasteiger partial charge in [0.2, 0.25) is 0 Å². The molecule has 1 saturated heterocycles. The predicted octanol–water partition coefficient (Wildman–Crippen LogP) is 3.01. The highest BCUT2D eigenvalue weighted by Crippen LogP contribution is 2.42. The maximum atomic E-state index is 15.0. The van der Waals surface area contributed by atoms with E-state index in [1.54, 1.807) is 18.5 Å². The molecule has 2 aromatic heterocycles. The lowest BCUT2D eigenvalue weighted by Gasteiger charge is -2.23. The molecule has 4 rings (SSSR count). The number of aliphatic carboxylic acids is 2. The summed E-state index contributed by atoms with van der Waals surface area (Å²) in [7, 11) is 0. The molecule has 0 bridgehead atoms. The van der Waals surface area contributed by atoms with E-state index in [0.29, 0.717) is 40.3 Å². The summed E-state index contributed by atoms with van der Waals surface area (Å²) in [4.78, 5) is 39.0. The highest BCUT2D eigenvalue weighted by Gasteiger charge is 2.34. The van der Waals surface area contributed by atoms with Crippen LogP contribution >= 0.6 is 11.6 Å². The maximum Gasteiger partial charge on any atom is 0.407 e. The Labute approximate surface area is 220 Å². The third-order valence-corrected chi connectivity index (χ3v) is 5.68. The third kappa shape index (κ3) is 5.91. The molecule has 13 nitrogen and oxygen atoms in total. The lowest BCUT2D eigenvalue weighted by atomic mass is 9.99. The van der Waals surface area contributed by atoms with Crippen molar-refractivity contribution in [3.05, 3.63) is 52.2 Å². The van der Waals surface area contributed by atoms with Crippen molar-refractivity contribution in [2.24, 2.45) is 0 Å². The molecule has 0 spiro atoms. The van der Waals surface area contributed by atoms with Gasteiger partial charge < -0.3 is 30.7 Å². The second-order valence-corrected chi connectivity index (χ2v) is 8.29. The fraction of sp³-hybridized carbons (Fsp3) is 0.304. The molecule has 3 aromatic rings. The van der Waals surface area contributed by atoms with Crippen molar-refractivity contribution in [2.45, 2.75) is 32.9 Å². The Bertz CT molecular complexity index is 1410. The molecule has 0 radical (unpaired) electrons. The number of cyclic esters (lactones) is 1. The van der Waals surface area contributed by atoms with Gasteiger partial charge in [-0.1, -0.05) is 11.6 Å². The number of halogens is 2. The average Bonchev–Trinajstić information content (AvgIpc) is 3.44. The molecule has 0 aliphatic carbocycles. The number of ether oxygens (including phenoxy) is 2. The van der Waals surface area contributed by atoms with Crippen molar-refractivity contribution in [3.8, 4) is 5.75 Å². The van der Waals surface area contributed by atoms with Gasteiger partial charge in [0.15, 0.2) is 17.6 Å². The number of benzene rings is 1. The summed E-state index contributed by atoms with van der Waals surface area (Å²) in [6, 6.07) is 1.05. The number of nitrogen functional groups attached to an aromatic ring is 1. The second kappa shape index (κ2) is 11.7. The number of nitrogens with one attached hydrogen (secondary N) is 1. The number of carbonyl (C=O) groups is 3. The molecule has 1 amide bonds. The summed E-state index contributed by atoms with van der Waals surface area (Å²) >= 11 is 6.22. The Morgan fingerprint density at radius 2 is 2.03 bits per heavy atom. The van der Waals surface area contributed by atoms with Crippen LogP contribution in [0.2, 0.25) is 5.02 Å². The molecule has 1 aliphatic heterocycles. The van der Waals surface area contributed by atoms with E-state index in [2.05, 4.69) is 20.4 Å². The van der Waals surface area contributed by atoms with Gasteiger partial charge in [-0.05, 0) is 26.8 Å². The number of hydrogen-bond donors (Lipinski definition) is 4. The first-order chi connectivity index (χ1) is 18.0. The van der Waals surface area contributed by atoms with Gasteiger partial charge in [0.1, 0.15) is 17.9 Å². The minimum absolute atomic E-state index is 0.0897. The van der Waals surface area contributed by atoms with E-state index in [0.717, 1.165) is 0 Å². The lowest BCUT2D eigenvalue weighted by Crippen LogP contribution is -2.16. The molecule has 3 heterocycles. The molecule has 0 unspecified atom stereocenters. The van der Waals surface area contributed by atoms with Gasteiger partial charge in [-0.15, -0.1) is 0 Å². The summed E-state index contributed by atoms with van der Waals surface area (Å²) in [6.07, 6.45) is 0.984. The first-order valence-electron chi connectivity index (χ1n) is 11.1. The van der Waals surface area contributed by atoms with Gasteiger partial charge in [-0.3, -0.25) is 0 Å². The quantitative estimate of drug-likeness (QED) is 0.316. The number of fused-ring (bicyclic) bond motifs is 1. The number of nitrogens with two attached hydrogens (primary N) is 1. The van der Waals surface area contributed by atoms with Crippen molar-refractivity contribution in [2.75, 3.05) is 18.9 Å². The zero-order chi connectivity index (χ0) is 28.1. The van der Waals surface area contributed by atoms with Gasteiger partial charge in [-0.2, -0.15) is 5.10 Å². The van der Waals surface area contributed by atoms with Crippen LogP contribution < -0.4 is 15.8 Å². The van der Waals surface area contributed by atoms with Crippen LogP contribution in [-0.2, 0) is 14.3 Å². The van der Waals surface area contributed by atoms with Crippen LogP contribution in [0.15, 0.2) is 24.5 Å². The number of alkyl carbamates (subject to hydrolysis) is 1. The number of carboxylic acids is 2. The van der Waals surface area contributed by atoms with E-state index in [1.807, 2.05) is 6.92 Å². The van der Waals surface area contributed by atoms with Crippen LogP contribution in [-0.4, -0.2) is 61.1 Å². The fourth-order valence-electron chi connectivity index (χ4n) is 3.82. The van der Waals surface area contributed by atoms with Crippen LogP contribution in [0.3, 0.4) is 0 Å². The standard InChI is InChI=1S/C19H20ClFN6O3.C4H4O4/c1-4-29-16-10(5-11(20)15(21)14(16)12-6-23-19(28)30-12)9(3)27-18-13(8(2)26-27)17(22)24-7-25-18;5-3(6)1-2-4(7)8/h5,7,9,12H,4,6H2,1-3H3,(H,23,28)(H2,22,24,25);1-2H,(H,5,6)(H,7,8)/b;2-1-/t9-,12-;/m0./s1. The molecule has 0 saturated carbocycles. The Hall–Kier alpha value is -4.46. The zero-order valence-electron chi connectivity index (χ0n) is 20.4. The van der Waals surface area contributed by atoms with Crippen LogP contribution in [0, 0.1) is 12.7 Å². The maximum absolute atomic E-state index is 15.0. The number of rotatable bonds is 7. The SMILES string of the molecule is CCOc1c([C@H](C)n2nc(C)c3c(N)ncnc32)cc(Cl)c(F)c1[C@@H]1CNC(=O)O1.O=C(O)/C=C\C(=O)O. The number of carboxylic acid groups (broad SMARTS) is 2. The third-order valence-electron chi connectivity index (χ3n) is 5.41. The van der Waals surface area contributed by atoms with Gasteiger partial charge >= 0.3 is 18.0 Å². The Morgan fingerprint density at radius 3 is 2.58 bits per heavy atom. The van der Waals surface area contributed by atoms with Crippen molar-refractivity contribution in [1.82, 2.24) is 25.1 Å². The van der Waals surface area contributed by atoms with Crippen LogP contribution in [0.1, 0.15) is 42.8 Å². The van der Waals surface area contributed by atoms with E-state index < -0.39 is 36.0 Å². The summed E-state index contributed by atoms with van der Waals surface area (Å²) in [5.74, 6) is -2.62. The first-order valence-corrected chi connectivity index (χ1v) is 11.5. The highest BCUT2D eigenvalue weighted by molar-refractivity contribution is 6.31. The number of nitrogens with zero attached hydrogens (tertiary/aromatic N) is 4. The molecular weight excluding hydrogens is 527 g/mol. The summed E-state index contributed by atoms with van der Waals surface area (Å²) in [5, 5.41) is 23.2. The minimum atomic E-state index is -1.26. The summed E-state index contributed by atoms with van der Waals surface area (Å²) < 4.78 is 27.7. The molecule has 1 aromatic carbocycles. The monoisotopic (exact) mass is 550 g/mol. The van der Waals surface area contributed by atoms with Gasteiger partial charge in [-0.25, -0.2) is 33.4 Å². The van der Waals surface area contributed by atoms with Gasteiger partial charge in [0, 0.05) is 17.7 Å². The number of hydrogen-bond acceptors (Lipinski definition) is 9. The smallest absolute Gasteiger partial charge is 0.407 e. The topological polar surface area (TPSA) is 192 Å². The minimum Gasteiger partial charge on any atom is -0.493 e. The molecular formula is C23H24ClFN6O7. The molecule has 15 heteroatoms. The van der Waals surface area contributed by atoms with Gasteiger partial charge in [0.25, 0.3) is 0 Å². The molecule has 5 N–H and O–H groups in total. The van der Waals surface area contributed by atoms with Crippen molar-refractivity contribution >= 4 is 46.5 Å². The van der Waals surface area contributed by atoms with Crippen molar-refractivity contribution in [1.29, 1.82) is 0 Å². The van der Waals surface area contributed by atoms with Gasteiger partial charge in [0.05, 0.1) is 40.9 Å². The fourth-order valence-corrected chi connectivity index (χ4v) is 4.04. The molecule has 202 valence electrons. The van der Waals surface area contributed by atoms with E-state index in [9.17, 15) is 14.4 Å². The van der Waals surface area contributed by atoms with Crippen LogP contribution in [0.25, 0.3) is 11.0 Å². The lowest BCUT2D eigenvalue weighted by molar-refractivity contribution is -0.134. The highest BCUT2D eigenvalue weighted by atomic mass is 35.5. The number of amides is 1. The Kier molecular flexibility index (Phi) is 8.68. The molecule has 1 fully saturated rings. The normalized spacial score (nSPS) is 15.5. The largest absolute Gasteiger partial charge is 0.493 e. The molecule has 1 aliphatic rings.